The molecule has 0 radical (unpaired) electrons. The molecule has 0 bridgehead atoms. The molecule has 1 aliphatic rings. The maximum absolute atomic E-state index is 10.8. The summed E-state index contributed by atoms with van der Waals surface area (Å²) in [7, 11) is 0. The Morgan fingerprint density at radius 2 is 2.26 bits per heavy atom. The molecule has 1 aromatic carbocycles. The fourth-order valence-electron chi connectivity index (χ4n) is 2.60. The van der Waals surface area contributed by atoms with Crippen molar-refractivity contribution in [2.24, 2.45) is 0 Å². The number of nitrogens with zero attached hydrogens (tertiary/aromatic N) is 3. The smallest absolute Gasteiger partial charge is 0.356 e. The predicted molar refractivity (Wildman–Crippen MR) is 87.1 cm³/mol. The molecule has 0 spiro atoms. The van der Waals surface area contributed by atoms with Crippen LogP contribution in [0.5, 0.6) is 0 Å². The molecule has 1 aromatic heterocycles. The van der Waals surface area contributed by atoms with E-state index in [1.165, 1.54) is 18.0 Å². The molecule has 2 heterocycles. The Kier molecular flexibility index (Phi) is 5.00. The Balaban J connectivity index is 1.77. The minimum atomic E-state index is -1.07. The van der Waals surface area contributed by atoms with E-state index in [2.05, 4.69) is 42.9 Å². The van der Waals surface area contributed by atoms with E-state index in [-0.39, 0.29) is 11.7 Å². The number of carboxylic acids is 1. The van der Waals surface area contributed by atoms with E-state index in [4.69, 9.17) is 9.84 Å². The largest absolute Gasteiger partial charge is 0.476 e. The van der Waals surface area contributed by atoms with Gasteiger partial charge in [-0.2, -0.15) is 0 Å². The molecule has 7 heteroatoms. The van der Waals surface area contributed by atoms with Crippen LogP contribution in [0, 0.1) is 0 Å². The van der Waals surface area contributed by atoms with E-state index < -0.39 is 5.97 Å². The van der Waals surface area contributed by atoms with Crippen LogP contribution in [0.4, 0.5) is 0 Å². The lowest BCUT2D eigenvalue weighted by Crippen LogP contribution is -2.39. The van der Waals surface area contributed by atoms with Crippen molar-refractivity contribution in [1.29, 1.82) is 0 Å². The van der Waals surface area contributed by atoms with Gasteiger partial charge in [0.1, 0.15) is 0 Å². The van der Waals surface area contributed by atoms with E-state index in [9.17, 15) is 4.79 Å². The summed E-state index contributed by atoms with van der Waals surface area (Å²) >= 11 is 3.50. The quantitative estimate of drug-likeness (QED) is 0.881. The van der Waals surface area contributed by atoms with Crippen LogP contribution >= 0.6 is 15.9 Å². The van der Waals surface area contributed by atoms with Crippen LogP contribution in [0.25, 0.3) is 0 Å². The van der Waals surface area contributed by atoms with Gasteiger partial charge in [0, 0.05) is 17.6 Å². The monoisotopic (exact) mass is 377 g/mol. The second kappa shape index (κ2) is 7.16. The molecule has 1 unspecified atom stereocenters. The molecule has 1 saturated heterocycles. The summed E-state index contributed by atoms with van der Waals surface area (Å²) in [5.41, 5.74) is 1.88. The summed E-state index contributed by atoms with van der Waals surface area (Å²) in [5.74, 6) is -1.07. The van der Waals surface area contributed by atoms with Gasteiger partial charge in [0.25, 0.3) is 0 Å². The van der Waals surface area contributed by atoms with Gasteiger partial charge in [-0.1, -0.05) is 28.1 Å². The van der Waals surface area contributed by atoms with Crippen LogP contribution in [-0.2, 0) is 11.3 Å². The van der Waals surface area contributed by atoms with Crippen molar-refractivity contribution in [2.45, 2.75) is 12.6 Å². The van der Waals surface area contributed by atoms with Gasteiger partial charge in [-0.15, -0.1) is 0 Å². The van der Waals surface area contributed by atoms with Gasteiger partial charge in [-0.25, -0.2) is 9.78 Å². The Morgan fingerprint density at radius 1 is 1.39 bits per heavy atom. The molecule has 0 amide bonds. The normalized spacial score (nSPS) is 18.7. The standard InChI is InChI=1S/C16H16BrN3O3/c17-12-3-1-2-11(6-12)15-10-23-5-4-20(15)9-13-7-19-14(8-18-13)16(21)22/h1-3,6-8,15H,4-5,9-10H2,(H,21,22). The highest BCUT2D eigenvalue weighted by atomic mass is 79.9. The number of aromatic carboxylic acids is 1. The molecule has 0 aliphatic carbocycles. The van der Waals surface area contributed by atoms with Crippen molar-refractivity contribution in [3.8, 4) is 0 Å². The van der Waals surface area contributed by atoms with Crippen LogP contribution in [0.2, 0.25) is 0 Å². The lowest BCUT2D eigenvalue weighted by atomic mass is 10.0. The van der Waals surface area contributed by atoms with Crippen molar-refractivity contribution in [3.63, 3.8) is 0 Å². The Hall–Kier alpha value is -1.83. The molecule has 6 nitrogen and oxygen atoms in total. The van der Waals surface area contributed by atoms with Gasteiger partial charge in [-0.05, 0) is 17.7 Å². The SMILES string of the molecule is O=C(O)c1cnc(CN2CCOCC2c2cccc(Br)c2)cn1. The van der Waals surface area contributed by atoms with E-state index in [1.54, 1.807) is 0 Å². The van der Waals surface area contributed by atoms with Crippen LogP contribution in [0.15, 0.2) is 41.1 Å². The van der Waals surface area contributed by atoms with Crippen LogP contribution in [-0.4, -0.2) is 45.7 Å². The maximum atomic E-state index is 10.8. The fraction of sp³-hybridized carbons (Fsp3) is 0.312. The first-order chi connectivity index (χ1) is 11.1. The van der Waals surface area contributed by atoms with Crippen molar-refractivity contribution in [1.82, 2.24) is 14.9 Å². The van der Waals surface area contributed by atoms with Gasteiger partial charge in [0.2, 0.25) is 0 Å². The molecule has 1 aliphatic heterocycles. The minimum absolute atomic E-state index is 0.0423. The summed E-state index contributed by atoms with van der Waals surface area (Å²) in [4.78, 5) is 21.2. The first-order valence-corrected chi connectivity index (χ1v) is 8.04. The van der Waals surface area contributed by atoms with E-state index in [1.807, 2.05) is 12.1 Å². The number of morpholine rings is 1. The predicted octanol–water partition coefficient (Wildman–Crippen LogP) is 2.51. The Labute approximate surface area is 142 Å². The zero-order valence-electron chi connectivity index (χ0n) is 12.4. The maximum Gasteiger partial charge on any atom is 0.356 e. The summed E-state index contributed by atoms with van der Waals surface area (Å²) in [5, 5.41) is 8.88. The third-order valence-electron chi connectivity index (χ3n) is 3.76. The molecule has 23 heavy (non-hydrogen) atoms. The number of hydrogen-bond donors (Lipinski definition) is 1. The van der Waals surface area contributed by atoms with Crippen molar-refractivity contribution in [2.75, 3.05) is 19.8 Å². The summed E-state index contributed by atoms with van der Waals surface area (Å²) in [6.07, 6.45) is 2.82. The number of rotatable bonds is 4. The van der Waals surface area contributed by atoms with Crippen molar-refractivity contribution < 1.29 is 14.6 Å². The number of benzene rings is 1. The molecule has 120 valence electrons. The average molecular weight is 378 g/mol. The Morgan fingerprint density at radius 3 is 2.96 bits per heavy atom. The number of carbonyl (C=O) groups is 1. The highest BCUT2D eigenvalue weighted by molar-refractivity contribution is 9.10. The van der Waals surface area contributed by atoms with Crippen molar-refractivity contribution in [3.05, 3.63) is 58.1 Å². The second-order valence-electron chi connectivity index (χ2n) is 5.31. The van der Waals surface area contributed by atoms with Gasteiger partial charge in [-0.3, -0.25) is 9.88 Å². The third-order valence-corrected chi connectivity index (χ3v) is 4.26. The molecule has 1 fully saturated rings. The molecular formula is C16H16BrN3O3. The second-order valence-corrected chi connectivity index (χ2v) is 6.23. The number of aromatic nitrogens is 2. The first-order valence-electron chi connectivity index (χ1n) is 7.25. The topological polar surface area (TPSA) is 75.5 Å². The van der Waals surface area contributed by atoms with E-state index in [0.29, 0.717) is 19.8 Å². The van der Waals surface area contributed by atoms with Gasteiger partial charge >= 0.3 is 5.97 Å². The average Bonchev–Trinajstić information content (AvgIpc) is 2.56. The zero-order chi connectivity index (χ0) is 16.2. The molecular weight excluding hydrogens is 362 g/mol. The van der Waals surface area contributed by atoms with Crippen LogP contribution in [0.3, 0.4) is 0 Å². The number of halogens is 1. The molecule has 1 atom stereocenters. The first kappa shape index (κ1) is 16.0. The summed E-state index contributed by atoms with van der Waals surface area (Å²) in [6, 6.07) is 8.31. The lowest BCUT2D eigenvalue weighted by molar-refractivity contribution is -0.0133. The number of hydrogen-bond acceptors (Lipinski definition) is 5. The van der Waals surface area contributed by atoms with Gasteiger partial charge < -0.3 is 9.84 Å². The minimum Gasteiger partial charge on any atom is -0.476 e. The highest BCUT2D eigenvalue weighted by Crippen LogP contribution is 2.27. The van der Waals surface area contributed by atoms with Gasteiger partial charge in [0.15, 0.2) is 5.69 Å². The van der Waals surface area contributed by atoms with Crippen LogP contribution < -0.4 is 0 Å². The summed E-state index contributed by atoms with van der Waals surface area (Å²) < 4.78 is 6.66. The summed E-state index contributed by atoms with van der Waals surface area (Å²) in [6.45, 7) is 2.69. The molecule has 1 N–H and O–H groups in total. The van der Waals surface area contributed by atoms with Crippen LogP contribution in [0.1, 0.15) is 27.8 Å². The molecule has 2 aromatic rings. The zero-order valence-corrected chi connectivity index (χ0v) is 13.9. The molecule has 0 saturated carbocycles. The third kappa shape index (κ3) is 3.93. The van der Waals surface area contributed by atoms with Crippen molar-refractivity contribution >= 4 is 21.9 Å². The van der Waals surface area contributed by atoms with E-state index in [0.717, 1.165) is 16.7 Å². The Bertz CT molecular complexity index is 693. The molecule has 3 rings (SSSR count). The number of ether oxygens (including phenoxy) is 1. The highest BCUT2D eigenvalue weighted by Gasteiger charge is 2.25. The number of carboxylic acid groups (broad SMARTS) is 1. The lowest BCUT2D eigenvalue weighted by Gasteiger charge is -2.35. The van der Waals surface area contributed by atoms with E-state index >= 15 is 0 Å². The van der Waals surface area contributed by atoms with Gasteiger partial charge in [0.05, 0.1) is 37.3 Å². The fourth-order valence-corrected chi connectivity index (χ4v) is 3.02.